The van der Waals surface area contributed by atoms with Gasteiger partial charge in [0, 0.05) is 12.0 Å². The Hall–Kier alpha value is -2.64. The van der Waals surface area contributed by atoms with Crippen molar-refractivity contribution in [3.05, 3.63) is 30.0 Å². The number of hydrogen-bond donors (Lipinski definition) is 1. The van der Waals surface area contributed by atoms with Gasteiger partial charge in [0.05, 0.1) is 18.7 Å². The number of hydrogen-bond acceptors (Lipinski definition) is 5. The van der Waals surface area contributed by atoms with Crippen molar-refractivity contribution in [1.29, 1.82) is 0 Å². The first-order valence-electron chi connectivity index (χ1n) is 6.91. The number of methoxy groups -OCH3 is 1. The number of carbonyl (C=O) groups is 1. The van der Waals surface area contributed by atoms with Gasteiger partial charge in [-0.2, -0.15) is 13.9 Å². The van der Waals surface area contributed by atoms with Gasteiger partial charge in [0.25, 0.3) is 0 Å². The van der Waals surface area contributed by atoms with E-state index in [0.717, 1.165) is 0 Å². The van der Waals surface area contributed by atoms with Gasteiger partial charge in [0.15, 0.2) is 5.75 Å². The Labute approximate surface area is 130 Å². The Kier molecular flexibility index (Phi) is 4.14. The van der Waals surface area contributed by atoms with Crippen molar-refractivity contribution in [2.24, 2.45) is 5.92 Å². The molecule has 1 aromatic carbocycles. The van der Waals surface area contributed by atoms with Crippen LogP contribution >= 0.6 is 0 Å². The Morgan fingerprint density at radius 3 is 3.04 bits per heavy atom. The molecule has 6 nitrogen and oxygen atoms in total. The van der Waals surface area contributed by atoms with Crippen LogP contribution in [0.4, 0.5) is 8.78 Å². The number of nitrogens with zero attached hydrogens (tertiary/aromatic N) is 1. The number of fused-ring (bicyclic) bond motifs is 1. The molecule has 0 amide bonds. The van der Waals surface area contributed by atoms with E-state index in [1.807, 2.05) is 0 Å². The first kappa shape index (κ1) is 15.3. The van der Waals surface area contributed by atoms with Crippen molar-refractivity contribution in [3.8, 4) is 22.8 Å². The number of aromatic amines is 1. The van der Waals surface area contributed by atoms with Crippen molar-refractivity contribution >= 4 is 5.97 Å². The van der Waals surface area contributed by atoms with Gasteiger partial charge in [-0.05, 0) is 12.1 Å². The smallest absolute Gasteiger partial charge is 0.387 e. The fraction of sp³-hybridized carbons (Fsp3) is 0.333. The van der Waals surface area contributed by atoms with Crippen LogP contribution in [0.1, 0.15) is 5.69 Å². The van der Waals surface area contributed by atoms with Gasteiger partial charge >= 0.3 is 12.6 Å². The second kappa shape index (κ2) is 6.23. The summed E-state index contributed by atoms with van der Waals surface area (Å²) >= 11 is 0. The van der Waals surface area contributed by atoms with Crippen LogP contribution in [-0.2, 0) is 16.0 Å². The van der Waals surface area contributed by atoms with E-state index in [2.05, 4.69) is 14.9 Å². The molecule has 2 aromatic rings. The van der Waals surface area contributed by atoms with Crippen molar-refractivity contribution in [2.45, 2.75) is 13.0 Å². The number of rotatable bonds is 4. The molecule has 0 saturated heterocycles. The van der Waals surface area contributed by atoms with E-state index in [0.29, 0.717) is 29.1 Å². The zero-order valence-electron chi connectivity index (χ0n) is 12.2. The minimum absolute atomic E-state index is 0.0393. The van der Waals surface area contributed by atoms with Crippen LogP contribution < -0.4 is 9.47 Å². The number of benzene rings is 1. The number of halogens is 2. The van der Waals surface area contributed by atoms with Crippen molar-refractivity contribution < 1.29 is 27.8 Å². The lowest BCUT2D eigenvalue weighted by Crippen LogP contribution is -2.29. The molecule has 0 fully saturated rings. The highest BCUT2D eigenvalue weighted by molar-refractivity contribution is 5.75. The van der Waals surface area contributed by atoms with E-state index in [9.17, 15) is 13.6 Å². The zero-order valence-corrected chi connectivity index (χ0v) is 12.2. The van der Waals surface area contributed by atoms with E-state index in [4.69, 9.17) is 9.47 Å². The fourth-order valence-corrected chi connectivity index (χ4v) is 2.48. The molecule has 0 radical (unpaired) electrons. The topological polar surface area (TPSA) is 73.4 Å². The standard InChI is InChI=1S/C15H14F2N2O4/c1-21-14(20)9-6-11-13(22-7-9)12(19-18-11)8-3-2-4-10(5-8)23-15(16)17/h2-5,9,15H,6-7H2,1H3,(H,18,19). The van der Waals surface area contributed by atoms with Gasteiger partial charge in [-0.1, -0.05) is 12.1 Å². The Bertz CT molecular complexity index is 717. The van der Waals surface area contributed by atoms with Crippen LogP contribution in [0.5, 0.6) is 11.5 Å². The molecule has 23 heavy (non-hydrogen) atoms. The molecule has 1 unspecified atom stereocenters. The average Bonchev–Trinajstić information content (AvgIpc) is 2.96. The van der Waals surface area contributed by atoms with E-state index >= 15 is 0 Å². The molecular formula is C15H14F2N2O4. The van der Waals surface area contributed by atoms with Gasteiger partial charge in [-0.15, -0.1) is 0 Å². The summed E-state index contributed by atoms with van der Waals surface area (Å²) in [6.45, 7) is -2.71. The monoisotopic (exact) mass is 324 g/mol. The number of alkyl halides is 2. The summed E-state index contributed by atoms with van der Waals surface area (Å²) in [4.78, 5) is 11.6. The lowest BCUT2D eigenvalue weighted by molar-refractivity contribution is -0.146. The Morgan fingerprint density at radius 1 is 1.48 bits per heavy atom. The highest BCUT2D eigenvalue weighted by Gasteiger charge is 2.30. The summed E-state index contributed by atoms with van der Waals surface area (Å²) in [5.41, 5.74) is 1.74. The van der Waals surface area contributed by atoms with E-state index in [-0.39, 0.29) is 18.3 Å². The maximum absolute atomic E-state index is 12.3. The second-order valence-electron chi connectivity index (χ2n) is 5.02. The van der Waals surface area contributed by atoms with Gasteiger partial charge in [0.2, 0.25) is 0 Å². The Morgan fingerprint density at radius 2 is 2.30 bits per heavy atom. The third-order valence-corrected chi connectivity index (χ3v) is 3.54. The predicted molar refractivity (Wildman–Crippen MR) is 75.4 cm³/mol. The molecule has 2 heterocycles. The van der Waals surface area contributed by atoms with Gasteiger partial charge < -0.3 is 14.2 Å². The highest BCUT2D eigenvalue weighted by atomic mass is 19.3. The average molecular weight is 324 g/mol. The molecule has 0 aliphatic carbocycles. The predicted octanol–water partition coefficient (Wildman–Crippen LogP) is 2.40. The molecule has 1 aliphatic heterocycles. The first-order valence-corrected chi connectivity index (χ1v) is 6.91. The quantitative estimate of drug-likeness (QED) is 0.874. The third kappa shape index (κ3) is 3.10. The summed E-state index contributed by atoms with van der Waals surface area (Å²) in [6.07, 6.45) is 0.419. The number of carbonyl (C=O) groups excluding carboxylic acids is 1. The van der Waals surface area contributed by atoms with Gasteiger partial charge in [-0.25, -0.2) is 0 Å². The third-order valence-electron chi connectivity index (χ3n) is 3.54. The van der Waals surface area contributed by atoms with E-state index in [1.165, 1.54) is 19.2 Å². The van der Waals surface area contributed by atoms with Crippen molar-refractivity contribution in [2.75, 3.05) is 13.7 Å². The maximum Gasteiger partial charge on any atom is 0.387 e. The lowest BCUT2D eigenvalue weighted by Gasteiger charge is -2.21. The van der Waals surface area contributed by atoms with Gasteiger partial charge in [-0.3, -0.25) is 9.89 Å². The van der Waals surface area contributed by atoms with Crippen LogP contribution in [0.3, 0.4) is 0 Å². The van der Waals surface area contributed by atoms with Gasteiger partial charge in [0.1, 0.15) is 18.1 Å². The molecule has 3 rings (SSSR count). The summed E-state index contributed by atoms with van der Waals surface area (Å²) < 4.78 is 39.3. The number of aromatic nitrogens is 2. The number of esters is 1. The lowest BCUT2D eigenvalue weighted by atomic mass is 10.00. The molecule has 1 N–H and O–H groups in total. The molecule has 122 valence electrons. The van der Waals surface area contributed by atoms with Crippen LogP contribution in [0.2, 0.25) is 0 Å². The summed E-state index contributed by atoms with van der Waals surface area (Å²) in [5.74, 6) is -0.190. The maximum atomic E-state index is 12.3. The largest absolute Gasteiger partial charge is 0.488 e. The molecule has 0 spiro atoms. The van der Waals surface area contributed by atoms with Crippen LogP contribution in [0.15, 0.2) is 24.3 Å². The minimum Gasteiger partial charge on any atom is -0.488 e. The van der Waals surface area contributed by atoms with Crippen LogP contribution in [-0.4, -0.2) is 36.5 Å². The molecule has 1 atom stereocenters. The number of ether oxygens (including phenoxy) is 3. The Balaban J connectivity index is 1.86. The zero-order chi connectivity index (χ0) is 16.4. The molecule has 0 saturated carbocycles. The van der Waals surface area contributed by atoms with Crippen molar-refractivity contribution in [3.63, 3.8) is 0 Å². The summed E-state index contributed by atoms with van der Waals surface area (Å²) in [7, 11) is 1.32. The SMILES string of the molecule is COC(=O)C1COc2c(-c3cccc(OC(F)F)c3)n[nH]c2C1. The van der Waals surface area contributed by atoms with Crippen LogP contribution in [0, 0.1) is 5.92 Å². The van der Waals surface area contributed by atoms with Crippen molar-refractivity contribution in [1.82, 2.24) is 10.2 Å². The first-order chi connectivity index (χ1) is 11.1. The number of nitrogens with one attached hydrogen (secondary N) is 1. The van der Waals surface area contributed by atoms with E-state index < -0.39 is 12.5 Å². The minimum atomic E-state index is -2.89. The molecule has 1 aliphatic rings. The van der Waals surface area contributed by atoms with E-state index in [1.54, 1.807) is 12.1 Å². The number of H-pyrrole nitrogens is 1. The fourth-order valence-electron chi connectivity index (χ4n) is 2.48. The second-order valence-corrected chi connectivity index (χ2v) is 5.02. The molecule has 1 aromatic heterocycles. The van der Waals surface area contributed by atoms with Crippen LogP contribution in [0.25, 0.3) is 11.3 Å². The summed E-state index contributed by atoms with van der Waals surface area (Å²) in [6, 6.07) is 6.19. The summed E-state index contributed by atoms with van der Waals surface area (Å²) in [5, 5.41) is 6.98. The normalized spacial score (nSPS) is 16.6. The molecule has 0 bridgehead atoms. The highest BCUT2D eigenvalue weighted by Crippen LogP contribution is 2.36. The molecule has 8 heteroatoms. The molecular weight excluding hydrogens is 310 g/mol.